The molecule has 0 amide bonds. The Hall–Kier alpha value is -0.970. The second-order valence-electron chi connectivity index (χ2n) is 5.18. The number of methoxy groups -OCH3 is 1. The largest absolute Gasteiger partial charge is 0.496 e. The van der Waals surface area contributed by atoms with Crippen LogP contribution in [0.15, 0.2) is 51.8 Å². The molecule has 1 heterocycles. The Balaban J connectivity index is 1.75. The molecule has 110 valence electrons. The average molecular weight is 364 g/mol. The second-order valence-corrected chi connectivity index (χ2v) is 7.10. The van der Waals surface area contributed by atoms with Gasteiger partial charge in [-0.15, -0.1) is 11.8 Å². The molecular weight excluding hydrogens is 346 g/mol. The molecule has 2 unspecified atom stereocenters. The van der Waals surface area contributed by atoms with Gasteiger partial charge in [0, 0.05) is 22.7 Å². The minimum atomic E-state index is 0.295. The van der Waals surface area contributed by atoms with Crippen LogP contribution in [0.2, 0.25) is 0 Å². The predicted octanol–water partition coefficient (Wildman–Crippen LogP) is 4.96. The van der Waals surface area contributed by atoms with Gasteiger partial charge < -0.3 is 10.1 Å². The number of rotatable bonds is 4. The zero-order valence-electron chi connectivity index (χ0n) is 12.1. The third-order valence-electron chi connectivity index (χ3n) is 3.83. The Labute approximate surface area is 138 Å². The molecule has 1 N–H and O–H groups in total. The highest BCUT2D eigenvalue weighted by molar-refractivity contribution is 9.10. The van der Waals surface area contributed by atoms with Gasteiger partial charge in [0.25, 0.3) is 0 Å². The van der Waals surface area contributed by atoms with Crippen molar-refractivity contribution < 1.29 is 4.74 Å². The van der Waals surface area contributed by atoms with Gasteiger partial charge in [0.1, 0.15) is 5.75 Å². The normalized spacial score (nSPS) is 18.3. The molecule has 0 radical (unpaired) electrons. The van der Waals surface area contributed by atoms with E-state index in [0.29, 0.717) is 12.1 Å². The van der Waals surface area contributed by atoms with E-state index in [-0.39, 0.29) is 0 Å². The minimum absolute atomic E-state index is 0.295. The van der Waals surface area contributed by atoms with Crippen molar-refractivity contribution in [1.29, 1.82) is 0 Å². The highest BCUT2D eigenvalue weighted by atomic mass is 79.9. The summed E-state index contributed by atoms with van der Waals surface area (Å²) >= 11 is 5.49. The van der Waals surface area contributed by atoms with Crippen molar-refractivity contribution in [1.82, 2.24) is 5.32 Å². The Kier molecular flexibility index (Phi) is 4.57. The number of hydrogen-bond acceptors (Lipinski definition) is 3. The highest BCUT2D eigenvalue weighted by Crippen LogP contribution is 2.39. The van der Waals surface area contributed by atoms with Crippen molar-refractivity contribution in [2.24, 2.45) is 0 Å². The molecular formula is C17H18BrNOS. The van der Waals surface area contributed by atoms with Gasteiger partial charge in [-0.1, -0.05) is 24.3 Å². The van der Waals surface area contributed by atoms with Crippen LogP contribution < -0.4 is 10.1 Å². The van der Waals surface area contributed by atoms with E-state index in [2.05, 4.69) is 64.6 Å². The quantitative estimate of drug-likeness (QED) is 0.829. The average Bonchev–Trinajstić information content (AvgIpc) is 2.90. The lowest BCUT2D eigenvalue weighted by Crippen LogP contribution is -2.24. The molecule has 0 aromatic heterocycles. The van der Waals surface area contributed by atoms with E-state index >= 15 is 0 Å². The number of ether oxygens (including phenoxy) is 1. The number of halogens is 1. The van der Waals surface area contributed by atoms with Gasteiger partial charge in [0.05, 0.1) is 11.6 Å². The molecule has 2 nitrogen and oxygen atoms in total. The van der Waals surface area contributed by atoms with Gasteiger partial charge in [-0.25, -0.2) is 0 Å². The number of fused-ring (bicyclic) bond motifs is 1. The van der Waals surface area contributed by atoms with E-state index in [1.807, 2.05) is 17.8 Å². The van der Waals surface area contributed by atoms with Crippen molar-refractivity contribution in [2.45, 2.75) is 23.9 Å². The first-order chi connectivity index (χ1) is 10.2. The van der Waals surface area contributed by atoms with E-state index in [4.69, 9.17) is 4.74 Å². The summed E-state index contributed by atoms with van der Waals surface area (Å²) in [4.78, 5) is 1.40. The van der Waals surface area contributed by atoms with Crippen LogP contribution in [0.1, 0.15) is 30.1 Å². The summed E-state index contributed by atoms with van der Waals surface area (Å²) in [5.74, 6) is 1.97. The third-order valence-corrected chi connectivity index (χ3v) is 5.63. The van der Waals surface area contributed by atoms with Crippen molar-refractivity contribution in [3.8, 4) is 5.75 Å². The van der Waals surface area contributed by atoms with Crippen LogP contribution in [0.5, 0.6) is 5.75 Å². The Morgan fingerprint density at radius 1 is 1.29 bits per heavy atom. The fourth-order valence-corrected chi connectivity index (χ4v) is 4.38. The second kappa shape index (κ2) is 6.42. The van der Waals surface area contributed by atoms with Crippen LogP contribution >= 0.6 is 27.7 Å². The topological polar surface area (TPSA) is 21.3 Å². The summed E-state index contributed by atoms with van der Waals surface area (Å²) < 4.78 is 6.29. The highest BCUT2D eigenvalue weighted by Gasteiger charge is 2.24. The fourth-order valence-electron chi connectivity index (χ4n) is 2.65. The number of nitrogens with one attached hydrogen (secondary N) is 1. The maximum absolute atomic E-state index is 5.29. The molecule has 4 heteroatoms. The molecule has 1 aliphatic heterocycles. The SMILES string of the molecule is COc1ccc(C(C)NC2CSc3ccccc32)cc1Br. The van der Waals surface area contributed by atoms with Gasteiger partial charge >= 0.3 is 0 Å². The Morgan fingerprint density at radius 2 is 2.10 bits per heavy atom. The van der Waals surface area contributed by atoms with Gasteiger partial charge in [0.2, 0.25) is 0 Å². The van der Waals surface area contributed by atoms with E-state index in [1.54, 1.807) is 7.11 Å². The molecule has 0 saturated heterocycles. The summed E-state index contributed by atoms with van der Waals surface area (Å²) in [5, 5.41) is 3.73. The number of benzene rings is 2. The van der Waals surface area contributed by atoms with Crippen LogP contribution in [-0.4, -0.2) is 12.9 Å². The third kappa shape index (κ3) is 3.12. The van der Waals surface area contributed by atoms with Gasteiger partial charge in [0.15, 0.2) is 0 Å². The van der Waals surface area contributed by atoms with E-state index in [0.717, 1.165) is 16.0 Å². The maximum Gasteiger partial charge on any atom is 0.133 e. The monoisotopic (exact) mass is 363 g/mol. The molecule has 0 fully saturated rings. The zero-order valence-corrected chi connectivity index (χ0v) is 14.5. The standard InChI is InChI=1S/C17H18BrNOS/c1-11(12-7-8-16(20-2)14(18)9-12)19-15-10-21-17-6-4-3-5-13(15)17/h3-9,11,15,19H,10H2,1-2H3. The molecule has 2 aromatic rings. The molecule has 0 bridgehead atoms. The van der Waals surface area contributed by atoms with E-state index < -0.39 is 0 Å². The molecule has 2 atom stereocenters. The van der Waals surface area contributed by atoms with Crippen molar-refractivity contribution in [2.75, 3.05) is 12.9 Å². The van der Waals surface area contributed by atoms with Gasteiger partial charge in [-0.2, -0.15) is 0 Å². The van der Waals surface area contributed by atoms with Crippen LogP contribution in [-0.2, 0) is 0 Å². The van der Waals surface area contributed by atoms with Crippen molar-refractivity contribution >= 4 is 27.7 Å². The Morgan fingerprint density at radius 3 is 2.86 bits per heavy atom. The van der Waals surface area contributed by atoms with Crippen molar-refractivity contribution in [3.05, 3.63) is 58.1 Å². The zero-order chi connectivity index (χ0) is 14.8. The first-order valence-electron chi connectivity index (χ1n) is 7.00. The lowest BCUT2D eigenvalue weighted by molar-refractivity contribution is 0.411. The first kappa shape index (κ1) is 14.9. The summed E-state index contributed by atoms with van der Waals surface area (Å²) in [6, 6.07) is 15.6. The lowest BCUT2D eigenvalue weighted by Gasteiger charge is -2.21. The maximum atomic E-state index is 5.29. The van der Waals surface area contributed by atoms with E-state index in [9.17, 15) is 0 Å². The number of thioether (sulfide) groups is 1. The smallest absolute Gasteiger partial charge is 0.133 e. The van der Waals surface area contributed by atoms with Crippen LogP contribution in [0, 0.1) is 0 Å². The number of hydrogen-bond donors (Lipinski definition) is 1. The Bertz CT molecular complexity index is 646. The minimum Gasteiger partial charge on any atom is -0.496 e. The first-order valence-corrected chi connectivity index (χ1v) is 8.78. The van der Waals surface area contributed by atoms with Crippen LogP contribution in [0.3, 0.4) is 0 Å². The molecule has 3 rings (SSSR count). The summed E-state index contributed by atoms with van der Waals surface area (Å²) in [6.07, 6.45) is 0. The van der Waals surface area contributed by atoms with Crippen molar-refractivity contribution in [3.63, 3.8) is 0 Å². The van der Waals surface area contributed by atoms with Gasteiger partial charge in [-0.05, 0) is 52.2 Å². The summed E-state index contributed by atoms with van der Waals surface area (Å²) in [5.41, 5.74) is 2.68. The molecule has 0 spiro atoms. The lowest BCUT2D eigenvalue weighted by atomic mass is 10.0. The molecule has 2 aromatic carbocycles. The fraction of sp³-hybridized carbons (Fsp3) is 0.294. The summed E-state index contributed by atoms with van der Waals surface area (Å²) in [6.45, 7) is 2.21. The van der Waals surface area contributed by atoms with Crippen LogP contribution in [0.25, 0.3) is 0 Å². The van der Waals surface area contributed by atoms with Gasteiger partial charge in [-0.3, -0.25) is 0 Å². The summed E-state index contributed by atoms with van der Waals surface area (Å²) in [7, 11) is 1.69. The van der Waals surface area contributed by atoms with E-state index in [1.165, 1.54) is 16.0 Å². The predicted molar refractivity (Wildman–Crippen MR) is 92.2 cm³/mol. The van der Waals surface area contributed by atoms with Crippen LogP contribution in [0.4, 0.5) is 0 Å². The molecule has 21 heavy (non-hydrogen) atoms. The molecule has 0 saturated carbocycles. The molecule has 0 aliphatic carbocycles. The molecule has 1 aliphatic rings.